The zero-order chi connectivity index (χ0) is 12.3. The molecule has 0 aromatic heterocycles. The molecule has 1 aliphatic carbocycles. The Morgan fingerprint density at radius 2 is 2.00 bits per heavy atom. The molecule has 0 bridgehead atoms. The van der Waals surface area contributed by atoms with Crippen molar-refractivity contribution in [3.8, 4) is 0 Å². The van der Waals surface area contributed by atoms with E-state index < -0.39 is 0 Å². The minimum absolute atomic E-state index is 0.299. The molecule has 2 heteroatoms. The standard InChI is InChI=1S/C15H19BrO/c1-11-7-8-14(16)13(9-11)15(17)10-12-5-3-2-4-6-12/h7-9,12H,2-6,10H2,1H3. The van der Waals surface area contributed by atoms with E-state index >= 15 is 0 Å². The van der Waals surface area contributed by atoms with Crippen LogP contribution in [-0.2, 0) is 0 Å². The fourth-order valence-corrected chi connectivity index (χ4v) is 3.08. The number of carbonyl (C=O) groups excluding carboxylic acids is 1. The molecule has 0 atom stereocenters. The summed E-state index contributed by atoms with van der Waals surface area (Å²) in [5.74, 6) is 0.913. The lowest BCUT2D eigenvalue weighted by Crippen LogP contribution is -2.12. The summed E-state index contributed by atoms with van der Waals surface area (Å²) in [6.45, 7) is 2.03. The third kappa shape index (κ3) is 3.41. The predicted octanol–water partition coefficient (Wildman–Crippen LogP) is 4.91. The number of hydrogen-bond acceptors (Lipinski definition) is 1. The average molecular weight is 295 g/mol. The molecule has 0 spiro atoms. The predicted molar refractivity (Wildman–Crippen MR) is 74.4 cm³/mol. The van der Waals surface area contributed by atoms with Gasteiger partial charge in [-0.05, 0) is 25.0 Å². The molecule has 1 nitrogen and oxygen atoms in total. The van der Waals surface area contributed by atoms with Crippen molar-refractivity contribution in [2.75, 3.05) is 0 Å². The zero-order valence-electron chi connectivity index (χ0n) is 10.3. The van der Waals surface area contributed by atoms with Crippen molar-refractivity contribution >= 4 is 21.7 Å². The van der Waals surface area contributed by atoms with Gasteiger partial charge in [0.2, 0.25) is 0 Å². The highest BCUT2D eigenvalue weighted by molar-refractivity contribution is 9.10. The second-order valence-corrected chi connectivity index (χ2v) is 5.97. The third-order valence-electron chi connectivity index (χ3n) is 3.62. The summed E-state index contributed by atoms with van der Waals surface area (Å²) in [4.78, 5) is 12.3. The van der Waals surface area contributed by atoms with Gasteiger partial charge < -0.3 is 0 Å². The topological polar surface area (TPSA) is 17.1 Å². The Morgan fingerprint density at radius 1 is 1.29 bits per heavy atom. The lowest BCUT2D eigenvalue weighted by Gasteiger charge is -2.20. The molecular formula is C15H19BrO. The molecule has 17 heavy (non-hydrogen) atoms. The number of carbonyl (C=O) groups is 1. The quantitative estimate of drug-likeness (QED) is 0.724. The fourth-order valence-electron chi connectivity index (χ4n) is 2.62. The lowest BCUT2D eigenvalue weighted by molar-refractivity contribution is 0.0949. The van der Waals surface area contributed by atoms with E-state index in [0.29, 0.717) is 11.7 Å². The molecule has 1 aromatic rings. The molecule has 0 N–H and O–H groups in total. The Labute approximate surface area is 112 Å². The number of halogens is 1. The zero-order valence-corrected chi connectivity index (χ0v) is 11.9. The van der Waals surface area contributed by atoms with E-state index in [1.54, 1.807) is 0 Å². The van der Waals surface area contributed by atoms with E-state index in [9.17, 15) is 4.79 Å². The number of hydrogen-bond donors (Lipinski definition) is 0. The summed E-state index contributed by atoms with van der Waals surface area (Å²) in [5, 5.41) is 0. The SMILES string of the molecule is Cc1ccc(Br)c(C(=O)CC2CCCCC2)c1. The van der Waals surface area contributed by atoms with Gasteiger partial charge in [0.25, 0.3) is 0 Å². The number of Topliss-reactive ketones (excluding diaryl/α,β-unsaturated/α-hetero) is 1. The van der Waals surface area contributed by atoms with Crippen LogP contribution >= 0.6 is 15.9 Å². The molecular weight excluding hydrogens is 276 g/mol. The van der Waals surface area contributed by atoms with Crippen LogP contribution in [0.1, 0.15) is 54.4 Å². The van der Waals surface area contributed by atoms with Crippen molar-refractivity contribution in [3.05, 3.63) is 33.8 Å². The molecule has 0 radical (unpaired) electrons. The molecule has 0 saturated heterocycles. The Bertz CT molecular complexity index is 405. The summed E-state index contributed by atoms with van der Waals surface area (Å²) in [7, 11) is 0. The van der Waals surface area contributed by atoms with Crippen molar-refractivity contribution < 1.29 is 4.79 Å². The molecule has 1 fully saturated rings. The Hall–Kier alpha value is -0.630. The minimum atomic E-state index is 0.299. The van der Waals surface area contributed by atoms with Gasteiger partial charge in [-0.15, -0.1) is 0 Å². The van der Waals surface area contributed by atoms with Crippen LogP contribution in [0.5, 0.6) is 0 Å². The van der Waals surface area contributed by atoms with Crippen molar-refractivity contribution in [2.45, 2.75) is 45.4 Å². The summed E-state index contributed by atoms with van der Waals surface area (Å²) in [5.41, 5.74) is 2.01. The van der Waals surface area contributed by atoms with E-state index in [-0.39, 0.29) is 0 Å². The van der Waals surface area contributed by atoms with E-state index in [1.165, 1.54) is 32.1 Å². The number of rotatable bonds is 3. The minimum Gasteiger partial charge on any atom is -0.294 e. The van der Waals surface area contributed by atoms with Crippen LogP contribution in [0.15, 0.2) is 22.7 Å². The van der Waals surface area contributed by atoms with E-state index in [4.69, 9.17) is 0 Å². The smallest absolute Gasteiger partial charge is 0.164 e. The van der Waals surface area contributed by atoms with E-state index in [1.807, 2.05) is 25.1 Å². The highest BCUT2D eigenvalue weighted by atomic mass is 79.9. The summed E-state index contributed by atoms with van der Waals surface area (Å²) >= 11 is 3.48. The van der Waals surface area contributed by atoms with Crippen LogP contribution in [0.3, 0.4) is 0 Å². The Kier molecular flexibility index (Phi) is 4.38. The van der Waals surface area contributed by atoms with Gasteiger partial charge in [-0.2, -0.15) is 0 Å². The maximum absolute atomic E-state index is 12.3. The van der Waals surface area contributed by atoms with E-state index in [0.717, 1.165) is 22.0 Å². The first-order chi connectivity index (χ1) is 8.16. The first kappa shape index (κ1) is 12.8. The average Bonchev–Trinajstić information content (AvgIpc) is 2.33. The maximum Gasteiger partial charge on any atom is 0.164 e. The molecule has 0 heterocycles. The van der Waals surface area contributed by atoms with Crippen LogP contribution < -0.4 is 0 Å². The Morgan fingerprint density at radius 3 is 2.71 bits per heavy atom. The second-order valence-electron chi connectivity index (χ2n) is 5.11. The van der Waals surface area contributed by atoms with Crippen molar-refractivity contribution in [2.24, 2.45) is 5.92 Å². The summed E-state index contributed by atoms with van der Waals surface area (Å²) in [6.07, 6.45) is 7.13. The van der Waals surface area contributed by atoms with Crippen molar-refractivity contribution in [3.63, 3.8) is 0 Å². The molecule has 92 valence electrons. The normalized spacial score (nSPS) is 17.1. The van der Waals surface area contributed by atoms with Crippen molar-refractivity contribution in [1.82, 2.24) is 0 Å². The van der Waals surface area contributed by atoms with Gasteiger partial charge in [-0.1, -0.05) is 59.7 Å². The monoisotopic (exact) mass is 294 g/mol. The Balaban J connectivity index is 2.05. The number of ketones is 1. The van der Waals surface area contributed by atoms with Gasteiger partial charge in [0.05, 0.1) is 0 Å². The molecule has 2 rings (SSSR count). The molecule has 1 aliphatic rings. The van der Waals surface area contributed by atoms with Crippen LogP contribution in [0.4, 0.5) is 0 Å². The van der Waals surface area contributed by atoms with Crippen LogP contribution in [0.25, 0.3) is 0 Å². The van der Waals surface area contributed by atoms with Crippen LogP contribution in [0, 0.1) is 12.8 Å². The molecule has 1 saturated carbocycles. The molecule has 0 unspecified atom stereocenters. The highest BCUT2D eigenvalue weighted by Gasteiger charge is 2.19. The van der Waals surface area contributed by atoms with Crippen molar-refractivity contribution in [1.29, 1.82) is 0 Å². The molecule has 1 aromatic carbocycles. The third-order valence-corrected chi connectivity index (χ3v) is 4.31. The largest absolute Gasteiger partial charge is 0.294 e. The van der Waals surface area contributed by atoms with Gasteiger partial charge >= 0.3 is 0 Å². The second kappa shape index (κ2) is 5.81. The number of aryl methyl sites for hydroxylation is 1. The van der Waals surface area contributed by atoms with E-state index in [2.05, 4.69) is 15.9 Å². The number of benzene rings is 1. The van der Waals surface area contributed by atoms with Gasteiger partial charge in [0, 0.05) is 16.5 Å². The van der Waals surface area contributed by atoms with Crippen LogP contribution in [0.2, 0.25) is 0 Å². The van der Waals surface area contributed by atoms with Gasteiger partial charge in [0.15, 0.2) is 5.78 Å². The molecule has 0 amide bonds. The molecule has 0 aliphatic heterocycles. The van der Waals surface area contributed by atoms with Gasteiger partial charge in [0.1, 0.15) is 0 Å². The summed E-state index contributed by atoms with van der Waals surface area (Å²) in [6, 6.07) is 6.00. The maximum atomic E-state index is 12.3. The van der Waals surface area contributed by atoms with Crippen LogP contribution in [-0.4, -0.2) is 5.78 Å². The highest BCUT2D eigenvalue weighted by Crippen LogP contribution is 2.29. The first-order valence-corrected chi connectivity index (χ1v) is 7.25. The van der Waals surface area contributed by atoms with Gasteiger partial charge in [-0.25, -0.2) is 0 Å². The lowest BCUT2D eigenvalue weighted by atomic mass is 9.84. The van der Waals surface area contributed by atoms with Gasteiger partial charge in [-0.3, -0.25) is 4.79 Å². The first-order valence-electron chi connectivity index (χ1n) is 6.46. The fraction of sp³-hybridized carbons (Fsp3) is 0.533. The summed E-state index contributed by atoms with van der Waals surface area (Å²) < 4.78 is 0.934.